The molecule has 0 radical (unpaired) electrons. The van der Waals surface area contributed by atoms with E-state index in [0.29, 0.717) is 11.2 Å². The lowest BCUT2D eigenvalue weighted by molar-refractivity contribution is 0.556. The maximum atomic E-state index is 11.2. The Morgan fingerprint density at radius 2 is 1.87 bits per heavy atom. The van der Waals surface area contributed by atoms with Crippen molar-refractivity contribution in [3.05, 3.63) is 11.6 Å². The molecule has 0 saturated heterocycles. The molecule has 0 aliphatic rings. The highest BCUT2D eigenvalue weighted by atomic mass is 79.9. The Morgan fingerprint density at radius 1 is 1.33 bits per heavy atom. The molecule has 1 rings (SSSR count). The summed E-state index contributed by atoms with van der Waals surface area (Å²) in [5.41, 5.74) is 0. The fourth-order valence-corrected chi connectivity index (χ4v) is 2.43. The number of aromatic nitrogens is 3. The quantitative estimate of drug-likeness (QED) is 0.786. The van der Waals surface area contributed by atoms with Crippen LogP contribution in [0.4, 0.5) is 0 Å². The Labute approximate surface area is 97.9 Å². The number of nitrogens with zero attached hydrogens (tertiary/aromatic N) is 3. The molecule has 0 aliphatic heterocycles. The smallest absolute Gasteiger partial charge is 0.154 e. The molecule has 15 heavy (non-hydrogen) atoms. The highest BCUT2D eigenvalue weighted by molar-refractivity contribution is 9.08. The van der Waals surface area contributed by atoms with Gasteiger partial charge in [0, 0.05) is 12.3 Å². The summed E-state index contributed by atoms with van der Waals surface area (Å²) in [6.07, 6.45) is 1.19. The summed E-state index contributed by atoms with van der Waals surface area (Å²) in [6.45, 7) is 3.95. The molecule has 0 spiro atoms. The molecule has 1 heterocycles. The first kappa shape index (κ1) is 12.6. The number of hydrogen-bond donors (Lipinski definition) is 0. The van der Waals surface area contributed by atoms with Gasteiger partial charge in [-0.15, -0.1) is 10.2 Å². The van der Waals surface area contributed by atoms with E-state index in [4.69, 9.17) is 0 Å². The molecule has 0 aromatic carbocycles. The van der Waals surface area contributed by atoms with Crippen molar-refractivity contribution in [3.63, 3.8) is 0 Å². The van der Waals surface area contributed by atoms with Gasteiger partial charge in [0.2, 0.25) is 0 Å². The zero-order chi connectivity index (χ0) is 11.6. The minimum atomic E-state index is -3.07. The van der Waals surface area contributed by atoms with Gasteiger partial charge < -0.3 is 4.57 Å². The molecule has 5 nitrogen and oxygen atoms in total. The van der Waals surface area contributed by atoms with Gasteiger partial charge in [-0.05, 0) is 13.8 Å². The lowest BCUT2D eigenvalue weighted by Gasteiger charge is -2.12. The third-order valence-corrected chi connectivity index (χ3v) is 3.15. The van der Waals surface area contributed by atoms with Crippen LogP contribution in [-0.2, 0) is 20.9 Å². The summed E-state index contributed by atoms with van der Waals surface area (Å²) in [4.78, 5) is 0. The summed E-state index contributed by atoms with van der Waals surface area (Å²) < 4.78 is 24.2. The van der Waals surface area contributed by atoms with Gasteiger partial charge in [-0.2, -0.15) is 0 Å². The van der Waals surface area contributed by atoms with Crippen LogP contribution in [-0.4, -0.2) is 29.4 Å². The predicted octanol–water partition coefficient (Wildman–Crippen LogP) is 1.30. The summed E-state index contributed by atoms with van der Waals surface area (Å²) in [5, 5.41) is 8.41. The molecule has 0 amide bonds. The Bertz CT molecular complexity index is 439. The van der Waals surface area contributed by atoms with Gasteiger partial charge >= 0.3 is 0 Å². The number of halogens is 1. The summed E-state index contributed by atoms with van der Waals surface area (Å²) in [6, 6.07) is 0.157. The van der Waals surface area contributed by atoms with Gasteiger partial charge in [0.05, 0.1) is 5.33 Å². The third kappa shape index (κ3) is 3.27. The molecule has 0 saturated carbocycles. The van der Waals surface area contributed by atoms with Crippen molar-refractivity contribution in [2.75, 3.05) is 6.26 Å². The van der Waals surface area contributed by atoms with Crippen molar-refractivity contribution < 1.29 is 8.42 Å². The summed E-state index contributed by atoms with van der Waals surface area (Å²) in [5.74, 6) is 1.19. The predicted molar refractivity (Wildman–Crippen MR) is 61.6 cm³/mol. The highest BCUT2D eigenvalue weighted by Crippen LogP contribution is 2.15. The van der Waals surface area contributed by atoms with Crippen LogP contribution < -0.4 is 0 Å². The molecule has 0 atom stereocenters. The van der Waals surface area contributed by atoms with Gasteiger partial charge in [-0.1, -0.05) is 15.9 Å². The first-order valence-corrected chi connectivity index (χ1v) is 7.69. The van der Waals surface area contributed by atoms with Crippen LogP contribution in [0.25, 0.3) is 0 Å². The van der Waals surface area contributed by atoms with Crippen LogP contribution in [0.2, 0.25) is 0 Å². The minimum Gasteiger partial charge on any atom is -0.311 e. The Morgan fingerprint density at radius 3 is 2.27 bits per heavy atom. The molecule has 0 unspecified atom stereocenters. The Balaban J connectivity index is 3.14. The molecular formula is C8H14BrN3O2S. The number of alkyl halides is 1. The zero-order valence-electron chi connectivity index (χ0n) is 8.94. The fourth-order valence-electron chi connectivity index (χ4n) is 1.38. The molecule has 7 heteroatoms. The van der Waals surface area contributed by atoms with Gasteiger partial charge in [-0.3, -0.25) is 0 Å². The van der Waals surface area contributed by atoms with E-state index in [1.807, 2.05) is 18.4 Å². The Kier molecular flexibility index (Phi) is 3.88. The van der Waals surface area contributed by atoms with Gasteiger partial charge in [-0.25, -0.2) is 8.42 Å². The molecule has 0 N–H and O–H groups in total. The number of rotatable bonds is 4. The molecule has 0 bridgehead atoms. The topological polar surface area (TPSA) is 64.8 Å². The minimum absolute atomic E-state index is 0.0643. The second kappa shape index (κ2) is 4.61. The van der Waals surface area contributed by atoms with Gasteiger partial charge in [0.25, 0.3) is 0 Å². The second-order valence-electron chi connectivity index (χ2n) is 3.70. The first-order valence-electron chi connectivity index (χ1n) is 4.51. The normalized spacial score (nSPS) is 12.3. The SMILES string of the molecule is CC(C)n1c(CBr)nnc1CS(C)(=O)=O. The average Bonchev–Trinajstić information content (AvgIpc) is 2.44. The standard InChI is InChI=1S/C8H14BrN3O2S/c1-6(2)12-7(4-9)10-11-8(12)5-15(3,13)14/h6H,4-5H2,1-3H3. The van der Waals surface area contributed by atoms with E-state index in [2.05, 4.69) is 26.1 Å². The second-order valence-corrected chi connectivity index (χ2v) is 6.40. The van der Waals surface area contributed by atoms with E-state index in [1.165, 1.54) is 6.26 Å². The van der Waals surface area contributed by atoms with Crippen molar-refractivity contribution in [2.45, 2.75) is 31.0 Å². The van der Waals surface area contributed by atoms with Crippen molar-refractivity contribution in [2.24, 2.45) is 0 Å². The van der Waals surface area contributed by atoms with Crippen LogP contribution in [0.3, 0.4) is 0 Å². The molecule has 0 aliphatic carbocycles. The zero-order valence-corrected chi connectivity index (χ0v) is 11.3. The molecule has 1 aromatic rings. The van der Waals surface area contributed by atoms with E-state index < -0.39 is 9.84 Å². The van der Waals surface area contributed by atoms with E-state index in [9.17, 15) is 8.42 Å². The van der Waals surface area contributed by atoms with Crippen molar-refractivity contribution >= 4 is 25.8 Å². The van der Waals surface area contributed by atoms with E-state index in [1.54, 1.807) is 0 Å². The average molecular weight is 296 g/mol. The maximum Gasteiger partial charge on any atom is 0.154 e. The molecule has 0 fully saturated rings. The molecule has 1 aromatic heterocycles. The molecule has 86 valence electrons. The van der Waals surface area contributed by atoms with E-state index >= 15 is 0 Å². The third-order valence-electron chi connectivity index (χ3n) is 1.86. The van der Waals surface area contributed by atoms with Crippen LogP contribution in [0.5, 0.6) is 0 Å². The largest absolute Gasteiger partial charge is 0.311 e. The van der Waals surface area contributed by atoms with Gasteiger partial charge in [0.1, 0.15) is 17.4 Å². The highest BCUT2D eigenvalue weighted by Gasteiger charge is 2.17. The van der Waals surface area contributed by atoms with E-state index in [0.717, 1.165) is 5.82 Å². The van der Waals surface area contributed by atoms with Gasteiger partial charge in [0.15, 0.2) is 9.84 Å². The van der Waals surface area contributed by atoms with Crippen LogP contribution in [0.15, 0.2) is 0 Å². The maximum absolute atomic E-state index is 11.2. The summed E-state index contributed by atoms with van der Waals surface area (Å²) >= 11 is 3.30. The lowest BCUT2D eigenvalue weighted by atomic mass is 10.3. The summed E-state index contributed by atoms with van der Waals surface area (Å²) in [7, 11) is -3.07. The monoisotopic (exact) mass is 295 g/mol. The van der Waals surface area contributed by atoms with Crippen molar-refractivity contribution in [1.82, 2.24) is 14.8 Å². The lowest BCUT2D eigenvalue weighted by Crippen LogP contribution is -2.13. The Hall–Kier alpha value is -0.430. The van der Waals surface area contributed by atoms with Crippen molar-refractivity contribution in [3.8, 4) is 0 Å². The van der Waals surface area contributed by atoms with Crippen LogP contribution >= 0.6 is 15.9 Å². The van der Waals surface area contributed by atoms with Crippen LogP contribution in [0, 0.1) is 0 Å². The molecular weight excluding hydrogens is 282 g/mol. The first-order chi connectivity index (χ1) is 6.85. The fraction of sp³-hybridized carbons (Fsp3) is 0.750. The van der Waals surface area contributed by atoms with Crippen molar-refractivity contribution in [1.29, 1.82) is 0 Å². The number of sulfone groups is 1. The van der Waals surface area contributed by atoms with E-state index in [-0.39, 0.29) is 11.8 Å². The van der Waals surface area contributed by atoms with Crippen LogP contribution in [0.1, 0.15) is 31.5 Å². The number of hydrogen-bond acceptors (Lipinski definition) is 4.